The average Bonchev–Trinajstić information content (AvgIpc) is 2.75. The summed E-state index contributed by atoms with van der Waals surface area (Å²) < 4.78 is 0. The monoisotopic (exact) mass is 298 g/mol. The van der Waals surface area contributed by atoms with Crippen molar-refractivity contribution in [1.82, 2.24) is 4.98 Å². The van der Waals surface area contributed by atoms with Gasteiger partial charge < -0.3 is 11.1 Å². The van der Waals surface area contributed by atoms with Crippen LogP contribution in [0.25, 0.3) is 0 Å². The lowest BCUT2D eigenvalue weighted by atomic mass is 10.2. The predicted molar refractivity (Wildman–Crippen MR) is 72.6 cm³/mol. The van der Waals surface area contributed by atoms with Crippen molar-refractivity contribution in [3.63, 3.8) is 0 Å². The minimum atomic E-state index is -0.610. The van der Waals surface area contributed by atoms with Crippen LogP contribution in [0.1, 0.15) is 10.5 Å². The molecule has 0 aliphatic heterocycles. The van der Waals surface area contributed by atoms with Crippen LogP contribution in [0.15, 0.2) is 23.6 Å². The van der Waals surface area contributed by atoms with Crippen LogP contribution in [0.3, 0.4) is 0 Å². The van der Waals surface area contributed by atoms with Crippen molar-refractivity contribution in [1.29, 1.82) is 0 Å². The third kappa shape index (κ3) is 2.98. The van der Waals surface area contributed by atoms with Gasteiger partial charge in [0.15, 0.2) is 5.13 Å². The van der Waals surface area contributed by atoms with Crippen LogP contribution in [0.5, 0.6) is 0 Å². The zero-order valence-corrected chi connectivity index (χ0v) is 10.9. The number of nitrogens with two attached hydrogens (primary N) is 1. The molecular formula is C10H7ClN4O3S. The summed E-state index contributed by atoms with van der Waals surface area (Å²) in [6, 6.07) is 3.89. The van der Waals surface area contributed by atoms with Gasteiger partial charge >= 0.3 is 0 Å². The average molecular weight is 299 g/mol. The Kier molecular flexibility index (Phi) is 3.63. The van der Waals surface area contributed by atoms with E-state index in [4.69, 9.17) is 17.3 Å². The van der Waals surface area contributed by atoms with Crippen molar-refractivity contribution >= 4 is 45.4 Å². The minimum Gasteiger partial charge on any atom is -0.375 e. The number of amides is 1. The number of benzene rings is 1. The van der Waals surface area contributed by atoms with Crippen molar-refractivity contribution in [2.24, 2.45) is 0 Å². The highest BCUT2D eigenvalue weighted by molar-refractivity contribution is 7.13. The van der Waals surface area contributed by atoms with E-state index < -0.39 is 10.8 Å². The van der Waals surface area contributed by atoms with Crippen LogP contribution in [0.4, 0.5) is 16.5 Å². The number of thiazole rings is 1. The number of halogens is 1. The molecule has 0 radical (unpaired) electrons. The molecule has 0 saturated heterocycles. The molecule has 3 N–H and O–H groups in total. The van der Waals surface area contributed by atoms with E-state index in [1.54, 1.807) is 0 Å². The third-order valence-corrected chi connectivity index (χ3v) is 3.07. The topological polar surface area (TPSA) is 111 Å². The van der Waals surface area contributed by atoms with E-state index in [1.165, 1.54) is 23.6 Å². The molecule has 2 rings (SSSR count). The maximum Gasteiger partial charge on any atom is 0.292 e. The maximum absolute atomic E-state index is 11.8. The van der Waals surface area contributed by atoms with E-state index in [9.17, 15) is 14.9 Å². The molecule has 7 nitrogen and oxygen atoms in total. The second-order valence-corrected chi connectivity index (χ2v) is 4.77. The van der Waals surface area contributed by atoms with E-state index in [2.05, 4.69) is 10.3 Å². The summed E-state index contributed by atoms with van der Waals surface area (Å²) in [7, 11) is 0. The second kappa shape index (κ2) is 5.21. The van der Waals surface area contributed by atoms with Crippen molar-refractivity contribution in [3.8, 4) is 0 Å². The lowest BCUT2D eigenvalue weighted by Gasteiger charge is -2.04. The number of carbonyl (C=O) groups excluding carboxylic acids is 1. The van der Waals surface area contributed by atoms with E-state index in [0.29, 0.717) is 0 Å². The smallest absolute Gasteiger partial charge is 0.292 e. The molecule has 0 aliphatic rings. The number of aromatic nitrogens is 1. The molecule has 9 heteroatoms. The Morgan fingerprint density at radius 2 is 2.26 bits per heavy atom. The maximum atomic E-state index is 11.8. The van der Waals surface area contributed by atoms with E-state index >= 15 is 0 Å². The van der Waals surface area contributed by atoms with Gasteiger partial charge in [-0.25, -0.2) is 4.98 Å². The number of rotatable bonds is 3. The summed E-state index contributed by atoms with van der Waals surface area (Å²) in [5, 5.41) is 15.2. The standard InChI is InChI=1S/C10H7ClN4O3S/c11-5-1-2-8(15(17)18)6(3-5)13-9(16)7-4-19-10(12)14-7/h1-4H,(H2,12,14)(H,13,16). The summed E-state index contributed by atoms with van der Waals surface area (Å²) in [5.74, 6) is -0.585. The first-order valence-corrected chi connectivity index (χ1v) is 6.19. The van der Waals surface area contributed by atoms with Gasteiger partial charge in [-0.05, 0) is 12.1 Å². The SMILES string of the molecule is Nc1nc(C(=O)Nc2cc(Cl)ccc2[N+](=O)[O-])cs1. The fourth-order valence-electron chi connectivity index (χ4n) is 1.35. The Balaban J connectivity index is 2.30. The molecule has 2 aromatic rings. The number of nitrogen functional groups attached to an aromatic ring is 1. The van der Waals surface area contributed by atoms with Crippen molar-refractivity contribution in [3.05, 3.63) is 44.4 Å². The zero-order chi connectivity index (χ0) is 14.0. The normalized spacial score (nSPS) is 10.2. The van der Waals surface area contributed by atoms with Gasteiger partial charge in [0.25, 0.3) is 11.6 Å². The van der Waals surface area contributed by atoms with Crippen LogP contribution < -0.4 is 11.1 Å². The summed E-state index contributed by atoms with van der Waals surface area (Å²) in [5.41, 5.74) is 5.26. The van der Waals surface area contributed by atoms with Gasteiger partial charge in [0, 0.05) is 16.5 Å². The second-order valence-electron chi connectivity index (χ2n) is 3.44. The van der Waals surface area contributed by atoms with Gasteiger partial charge in [0.05, 0.1) is 4.92 Å². The third-order valence-electron chi connectivity index (χ3n) is 2.16. The Hall–Kier alpha value is -2.19. The summed E-state index contributed by atoms with van der Waals surface area (Å²) in [6.45, 7) is 0. The van der Waals surface area contributed by atoms with Crippen molar-refractivity contribution in [2.45, 2.75) is 0 Å². The number of nitro benzene ring substituents is 1. The highest BCUT2D eigenvalue weighted by Gasteiger charge is 2.18. The molecule has 1 aromatic carbocycles. The first kappa shape index (κ1) is 13.2. The van der Waals surface area contributed by atoms with Gasteiger partial charge in [-0.15, -0.1) is 11.3 Å². The number of nitrogens with one attached hydrogen (secondary N) is 1. The lowest BCUT2D eigenvalue weighted by molar-refractivity contribution is -0.383. The van der Waals surface area contributed by atoms with Crippen molar-refractivity contribution < 1.29 is 9.72 Å². The number of hydrogen-bond acceptors (Lipinski definition) is 6. The highest BCUT2D eigenvalue weighted by Crippen LogP contribution is 2.28. The van der Waals surface area contributed by atoms with E-state index in [-0.39, 0.29) is 27.2 Å². The van der Waals surface area contributed by atoms with Crippen LogP contribution in [0, 0.1) is 10.1 Å². The molecule has 0 aliphatic carbocycles. The van der Waals surface area contributed by atoms with Gasteiger partial charge in [-0.1, -0.05) is 11.6 Å². The minimum absolute atomic E-state index is 0.00840. The molecule has 0 saturated carbocycles. The van der Waals surface area contributed by atoms with Crippen molar-refractivity contribution in [2.75, 3.05) is 11.1 Å². The summed E-state index contributed by atoms with van der Waals surface area (Å²) in [6.07, 6.45) is 0. The predicted octanol–water partition coefficient (Wildman–Crippen LogP) is 2.54. The lowest BCUT2D eigenvalue weighted by Crippen LogP contribution is -2.13. The Morgan fingerprint density at radius 3 is 2.84 bits per heavy atom. The Bertz CT molecular complexity index is 658. The first-order chi connectivity index (χ1) is 8.97. The summed E-state index contributed by atoms with van der Waals surface area (Å²) >= 11 is 6.85. The Morgan fingerprint density at radius 1 is 1.53 bits per heavy atom. The fourth-order valence-corrected chi connectivity index (χ4v) is 2.06. The highest BCUT2D eigenvalue weighted by atomic mass is 35.5. The van der Waals surface area contributed by atoms with E-state index in [0.717, 1.165) is 11.3 Å². The van der Waals surface area contributed by atoms with Gasteiger partial charge in [-0.3, -0.25) is 14.9 Å². The molecule has 0 atom stereocenters. The van der Waals surface area contributed by atoms with Gasteiger partial charge in [-0.2, -0.15) is 0 Å². The van der Waals surface area contributed by atoms with Crippen LogP contribution in [-0.2, 0) is 0 Å². The first-order valence-electron chi connectivity index (χ1n) is 4.93. The van der Waals surface area contributed by atoms with Crippen LogP contribution >= 0.6 is 22.9 Å². The molecule has 0 spiro atoms. The number of anilines is 2. The molecule has 1 aromatic heterocycles. The van der Waals surface area contributed by atoms with Crippen LogP contribution in [-0.4, -0.2) is 15.8 Å². The molecule has 0 bridgehead atoms. The molecule has 1 heterocycles. The summed E-state index contributed by atoms with van der Waals surface area (Å²) in [4.78, 5) is 25.8. The molecular weight excluding hydrogens is 292 g/mol. The molecule has 19 heavy (non-hydrogen) atoms. The molecule has 0 fully saturated rings. The van der Waals surface area contributed by atoms with Crippen LogP contribution in [0.2, 0.25) is 5.02 Å². The number of nitro groups is 1. The van der Waals surface area contributed by atoms with Gasteiger partial charge in [0.2, 0.25) is 0 Å². The number of nitrogens with zero attached hydrogens (tertiary/aromatic N) is 2. The fraction of sp³-hybridized carbons (Fsp3) is 0. The zero-order valence-electron chi connectivity index (χ0n) is 9.29. The molecule has 1 amide bonds. The molecule has 98 valence electrons. The van der Waals surface area contributed by atoms with Gasteiger partial charge in [0.1, 0.15) is 11.4 Å². The number of hydrogen-bond donors (Lipinski definition) is 2. The Labute approximate surface area is 116 Å². The van der Waals surface area contributed by atoms with E-state index in [1.807, 2.05) is 0 Å². The largest absolute Gasteiger partial charge is 0.375 e. The molecule has 0 unspecified atom stereocenters. The number of carbonyl (C=O) groups is 1. The quantitative estimate of drug-likeness (QED) is 0.668.